The standard InChI is InChI=1S/C33H41FN4O6S/c1-36(2)18-17-33(39,23-11-9-12-24(34)21-23)30(26-13-10-14-29(42-6)31(26)43-7)27-20-22-19-25(38(5)45(40,41)37(3)4)15-16-28(22)35-32(27)44-8/h9-16,19-21,30,39H,17-18H2,1-8H3/t30-,33-/m1/s1. The number of nitrogens with zero attached hydrogens (tertiary/aromatic N) is 4. The molecular formula is C33H41FN4O6S. The summed E-state index contributed by atoms with van der Waals surface area (Å²) in [4.78, 5) is 6.73. The van der Waals surface area contributed by atoms with Crippen LogP contribution in [0.1, 0.15) is 29.0 Å². The first-order valence-electron chi connectivity index (χ1n) is 14.3. The number of para-hydroxylation sites is 1. The zero-order chi connectivity index (χ0) is 33.1. The maximum absolute atomic E-state index is 14.8. The minimum Gasteiger partial charge on any atom is -0.493 e. The van der Waals surface area contributed by atoms with Crippen LogP contribution in [-0.4, -0.2) is 90.8 Å². The van der Waals surface area contributed by atoms with E-state index >= 15 is 0 Å². The smallest absolute Gasteiger partial charge is 0.303 e. The molecule has 0 unspecified atom stereocenters. The minimum atomic E-state index is -3.77. The fourth-order valence-electron chi connectivity index (χ4n) is 5.54. The van der Waals surface area contributed by atoms with Crippen LogP contribution in [0.4, 0.5) is 10.1 Å². The Morgan fingerprint density at radius 2 is 1.60 bits per heavy atom. The van der Waals surface area contributed by atoms with E-state index in [0.29, 0.717) is 51.3 Å². The minimum absolute atomic E-state index is 0.194. The molecule has 0 amide bonds. The summed E-state index contributed by atoms with van der Waals surface area (Å²) in [6.07, 6.45) is 0.194. The number of rotatable bonds is 13. The number of fused-ring (bicyclic) bond motifs is 1. The molecule has 10 nitrogen and oxygen atoms in total. The predicted molar refractivity (Wildman–Crippen MR) is 174 cm³/mol. The third-order valence-corrected chi connectivity index (χ3v) is 9.78. The van der Waals surface area contributed by atoms with Crippen LogP contribution in [0.5, 0.6) is 17.4 Å². The highest BCUT2D eigenvalue weighted by Gasteiger charge is 2.44. The van der Waals surface area contributed by atoms with Crippen molar-refractivity contribution in [3.63, 3.8) is 0 Å². The van der Waals surface area contributed by atoms with Gasteiger partial charge >= 0.3 is 10.2 Å². The third kappa shape index (κ3) is 6.69. The van der Waals surface area contributed by atoms with Crippen LogP contribution in [-0.2, 0) is 15.8 Å². The molecule has 0 aliphatic rings. The quantitative estimate of drug-likeness (QED) is 0.226. The largest absolute Gasteiger partial charge is 0.493 e. The van der Waals surface area contributed by atoms with Crippen molar-refractivity contribution in [3.05, 3.63) is 89.2 Å². The molecule has 0 aliphatic heterocycles. The van der Waals surface area contributed by atoms with Crippen molar-refractivity contribution in [2.45, 2.75) is 17.9 Å². The van der Waals surface area contributed by atoms with Crippen LogP contribution in [0.3, 0.4) is 0 Å². The molecule has 3 aromatic carbocycles. The Kier molecular flexibility index (Phi) is 10.2. The summed E-state index contributed by atoms with van der Waals surface area (Å²) in [5.74, 6) is -0.343. The van der Waals surface area contributed by atoms with Crippen LogP contribution in [0.25, 0.3) is 10.9 Å². The lowest BCUT2D eigenvalue weighted by molar-refractivity contribution is 0.00290. The Labute approximate surface area is 264 Å². The van der Waals surface area contributed by atoms with Crippen molar-refractivity contribution in [2.24, 2.45) is 0 Å². The first kappa shape index (κ1) is 33.9. The molecule has 0 aliphatic carbocycles. The number of halogens is 1. The number of hydrogen-bond acceptors (Lipinski definition) is 8. The zero-order valence-electron chi connectivity index (χ0n) is 26.9. The van der Waals surface area contributed by atoms with Gasteiger partial charge < -0.3 is 24.2 Å². The highest BCUT2D eigenvalue weighted by molar-refractivity contribution is 7.90. The number of aromatic nitrogens is 1. The molecular weight excluding hydrogens is 599 g/mol. The number of hydrogen-bond donors (Lipinski definition) is 1. The summed E-state index contributed by atoms with van der Waals surface area (Å²) >= 11 is 0. The van der Waals surface area contributed by atoms with Gasteiger partial charge in [0.2, 0.25) is 5.88 Å². The van der Waals surface area contributed by atoms with Gasteiger partial charge in [-0.3, -0.25) is 4.31 Å². The molecule has 12 heteroatoms. The topological polar surface area (TPSA) is 105 Å². The maximum atomic E-state index is 14.8. The molecule has 4 aromatic rings. The van der Waals surface area contributed by atoms with Crippen LogP contribution in [0, 0.1) is 5.82 Å². The molecule has 2 atom stereocenters. The molecule has 1 heterocycles. The summed E-state index contributed by atoms with van der Waals surface area (Å²) in [7, 11) is 8.96. The van der Waals surface area contributed by atoms with Crippen molar-refractivity contribution in [1.29, 1.82) is 0 Å². The molecule has 242 valence electrons. The van der Waals surface area contributed by atoms with Crippen molar-refractivity contribution < 1.29 is 32.1 Å². The van der Waals surface area contributed by atoms with E-state index in [1.807, 2.05) is 31.1 Å². The van der Waals surface area contributed by atoms with Gasteiger partial charge in [0.15, 0.2) is 11.5 Å². The number of ether oxygens (including phenoxy) is 3. The average molecular weight is 641 g/mol. The molecule has 0 radical (unpaired) electrons. The molecule has 0 fully saturated rings. The van der Waals surface area contributed by atoms with Gasteiger partial charge in [-0.05, 0) is 68.5 Å². The number of benzene rings is 3. The lowest BCUT2D eigenvalue weighted by Crippen LogP contribution is -2.38. The number of pyridine rings is 1. The molecule has 1 aromatic heterocycles. The number of aliphatic hydroxyl groups is 1. The third-order valence-electron chi connectivity index (χ3n) is 7.95. The SMILES string of the molecule is COc1cccc([C@H](c2cc3cc(N(C)S(=O)(=O)N(C)C)ccc3nc2OC)[C@@](O)(CCN(C)C)c2cccc(F)c2)c1OC. The second kappa shape index (κ2) is 13.6. The Hall–Kier alpha value is -3.97. The van der Waals surface area contributed by atoms with Crippen molar-refractivity contribution in [1.82, 2.24) is 14.2 Å². The van der Waals surface area contributed by atoms with Crippen molar-refractivity contribution >= 4 is 26.8 Å². The fourth-order valence-corrected chi connectivity index (χ4v) is 6.41. The zero-order valence-corrected chi connectivity index (χ0v) is 27.7. The van der Waals surface area contributed by atoms with E-state index in [-0.39, 0.29) is 12.3 Å². The first-order chi connectivity index (χ1) is 21.3. The first-order valence-corrected chi connectivity index (χ1v) is 15.7. The normalized spacial score (nSPS) is 14.0. The van der Waals surface area contributed by atoms with Gasteiger partial charge in [-0.2, -0.15) is 12.7 Å². The molecule has 1 N–H and O–H groups in total. The second-order valence-electron chi connectivity index (χ2n) is 11.2. The Morgan fingerprint density at radius 3 is 2.20 bits per heavy atom. The van der Waals surface area contributed by atoms with Crippen molar-refractivity contribution in [3.8, 4) is 17.4 Å². The summed E-state index contributed by atoms with van der Waals surface area (Å²) in [5.41, 5.74) is 0.651. The summed E-state index contributed by atoms with van der Waals surface area (Å²) in [6.45, 7) is 0.455. The predicted octanol–water partition coefficient (Wildman–Crippen LogP) is 4.61. The highest BCUT2D eigenvalue weighted by Crippen LogP contribution is 2.51. The van der Waals surface area contributed by atoms with Gasteiger partial charge in [-0.25, -0.2) is 9.37 Å². The second-order valence-corrected chi connectivity index (χ2v) is 13.4. The van der Waals surface area contributed by atoms with Gasteiger partial charge in [-0.15, -0.1) is 0 Å². The average Bonchev–Trinajstić information content (AvgIpc) is 3.02. The summed E-state index contributed by atoms with van der Waals surface area (Å²) in [5, 5.41) is 13.5. The van der Waals surface area contributed by atoms with Gasteiger partial charge in [0.05, 0.1) is 38.5 Å². The molecule has 0 saturated heterocycles. The molecule has 4 rings (SSSR count). The van der Waals surface area contributed by atoms with Crippen LogP contribution >= 0.6 is 0 Å². The fraction of sp³-hybridized carbons (Fsp3) is 0.364. The molecule has 45 heavy (non-hydrogen) atoms. The van der Waals surface area contributed by atoms with Gasteiger partial charge in [0.25, 0.3) is 0 Å². The van der Waals surface area contributed by atoms with E-state index in [4.69, 9.17) is 19.2 Å². The van der Waals surface area contributed by atoms with E-state index in [2.05, 4.69) is 0 Å². The lowest BCUT2D eigenvalue weighted by Gasteiger charge is -2.39. The lowest BCUT2D eigenvalue weighted by atomic mass is 9.71. The number of anilines is 1. The van der Waals surface area contributed by atoms with E-state index < -0.39 is 27.5 Å². The van der Waals surface area contributed by atoms with E-state index in [9.17, 15) is 17.9 Å². The van der Waals surface area contributed by atoms with E-state index in [1.165, 1.54) is 58.9 Å². The summed E-state index contributed by atoms with van der Waals surface area (Å²) in [6, 6.07) is 18.2. The van der Waals surface area contributed by atoms with Crippen LogP contribution in [0.2, 0.25) is 0 Å². The number of methoxy groups -OCH3 is 3. The Balaban J connectivity index is 2.10. The van der Waals surface area contributed by atoms with Gasteiger partial charge in [-0.1, -0.05) is 24.3 Å². The Morgan fingerprint density at radius 1 is 0.889 bits per heavy atom. The molecule has 0 saturated carbocycles. The van der Waals surface area contributed by atoms with E-state index in [1.54, 1.807) is 42.5 Å². The van der Waals surface area contributed by atoms with Crippen molar-refractivity contribution in [2.75, 3.05) is 67.4 Å². The monoisotopic (exact) mass is 640 g/mol. The highest BCUT2D eigenvalue weighted by atomic mass is 32.2. The summed E-state index contributed by atoms with van der Waals surface area (Å²) < 4.78 is 60.3. The van der Waals surface area contributed by atoms with Crippen LogP contribution in [0.15, 0.2) is 66.7 Å². The van der Waals surface area contributed by atoms with Gasteiger partial charge in [0, 0.05) is 44.2 Å². The van der Waals surface area contributed by atoms with Gasteiger partial charge in [0.1, 0.15) is 11.4 Å². The molecule has 0 bridgehead atoms. The maximum Gasteiger partial charge on any atom is 0.303 e. The van der Waals surface area contributed by atoms with Crippen LogP contribution < -0.4 is 18.5 Å². The Bertz CT molecular complexity index is 1770. The molecule has 0 spiro atoms. The van der Waals surface area contributed by atoms with E-state index in [0.717, 1.165) is 4.31 Å².